The van der Waals surface area contributed by atoms with E-state index in [-0.39, 0.29) is 17.9 Å². The lowest BCUT2D eigenvalue weighted by molar-refractivity contribution is -0.00345. The molecule has 0 aromatic carbocycles. The second-order valence-electron chi connectivity index (χ2n) is 6.36. The Kier molecular flexibility index (Phi) is 10.0. The van der Waals surface area contributed by atoms with Crippen molar-refractivity contribution >= 4 is 12.4 Å². The van der Waals surface area contributed by atoms with Crippen LogP contribution < -0.4 is 5.73 Å². The van der Waals surface area contributed by atoms with Gasteiger partial charge in [-0.25, -0.2) is 0 Å². The molecule has 4 nitrogen and oxygen atoms in total. The fourth-order valence-corrected chi connectivity index (χ4v) is 2.70. The molecule has 1 heterocycles. The Morgan fingerprint density at radius 3 is 2.20 bits per heavy atom. The predicted molar refractivity (Wildman–Crippen MR) is 88.7 cm³/mol. The molecule has 1 aliphatic heterocycles. The third-order valence-electron chi connectivity index (χ3n) is 3.82. The van der Waals surface area contributed by atoms with Crippen molar-refractivity contribution in [2.24, 2.45) is 5.73 Å². The van der Waals surface area contributed by atoms with Crippen molar-refractivity contribution in [2.45, 2.75) is 52.2 Å². The van der Waals surface area contributed by atoms with E-state index in [2.05, 4.69) is 37.5 Å². The number of ether oxygens (including phenoxy) is 1. The van der Waals surface area contributed by atoms with Gasteiger partial charge in [0.15, 0.2) is 0 Å². The molecule has 0 bridgehead atoms. The van der Waals surface area contributed by atoms with Crippen LogP contribution in [0.25, 0.3) is 0 Å². The van der Waals surface area contributed by atoms with Gasteiger partial charge in [-0.1, -0.05) is 13.8 Å². The molecular weight excluding hydrogens is 274 g/mol. The van der Waals surface area contributed by atoms with E-state index >= 15 is 0 Å². The maximum Gasteiger partial charge on any atom is 0.0600 e. The van der Waals surface area contributed by atoms with Gasteiger partial charge in [0, 0.05) is 31.7 Å². The fourth-order valence-electron chi connectivity index (χ4n) is 2.70. The van der Waals surface area contributed by atoms with Crippen LogP contribution in [0.15, 0.2) is 0 Å². The van der Waals surface area contributed by atoms with Gasteiger partial charge in [-0.05, 0) is 39.8 Å². The predicted octanol–water partition coefficient (Wildman–Crippen LogP) is 1.97. The summed E-state index contributed by atoms with van der Waals surface area (Å²) in [5, 5.41) is 0. The van der Waals surface area contributed by atoms with Gasteiger partial charge in [0.25, 0.3) is 0 Å². The summed E-state index contributed by atoms with van der Waals surface area (Å²) >= 11 is 0. The lowest BCUT2D eigenvalue weighted by atomic mass is 10.0. The van der Waals surface area contributed by atoms with Crippen molar-refractivity contribution in [1.82, 2.24) is 9.80 Å². The van der Waals surface area contributed by atoms with Gasteiger partial charge >= 0.3 is 0 Å². The number of rotatable bonds is 8. The molecule has 0 aromatic rings. The van der Waals surface area contributed by atoms with Crippen molar-refractivity contribution in [2.75, 3.05) is 45.9 Å². The van der Waals surface area contributed by atoms with E-state index in [0.717, 1.165) is 58.7 Å². The first-order valence-corrected chi connectivity index (χ1v) is 7.79. The number of nitrogens with two attached hydrogens (primary N) is 1. The zero-order valence-electron chi connectivity index (χ0n) is 13.7. The number of halogens is 1. The first-order valence-electron chi connectivity index (χ1n) is 7.79. The summed E-state index contributed by atoms with van der Waals surface area (Å²) in [6, 6.07) is 0. The Labute approximate surface area is 131 Å². The Morgan fingerprint density at radius 1 is 1.20 bits per heavy atom. The molecule has 1 aliphatic rings. The lowest BCUT2D eigenvalue weighted by Crippen LogP contribution is -2.48. The molecule has 0 spiro atoms. The second-order valence-corrected chi connectivity index (χ2v) is 6.36. The van der Waals surface area contributed by atoms with Gasteiger partial charge in [0.05, 0.1) is 12.7 Å². The largest absolute Gasteiger partial charge is 0.377 e. The van der Waals surface area contributed by atoms with Gasteiger partial charge in [-0.2, -0.15) is 0 Å². The van der Waals surface area contributed by atoms with Crippen LogP contribution in [-0.4, -0.2) is 67.3 Å². The van der Waals surface area contributed by atoms with Crippen molar-refractivity contribution in [3.8, 4) is 0 Å². The summed E-state index contributed by atoms with van der Waals surface area (Å²) in [7, 11) is 0. The molecule has 122 valence electrons. The first kappa shape index (κ1) is 20.1. The Hall–Kier alpha value is 0.130. The average Bonchev–Trinajstić information content (AvgIpc) is 2.35. The Morgan fingerprint density at radius 2 is 1.75 bits per heavy atom. The van der Waals surface area contributed by atoms with E-state index in [1.165, 1.54) is 0 Å². The maximum atomic E-state index is 6.07. The highest BCUT2D eigenvalue weighted by atomic mass is 35.5. The van der Waals surface area contributed by atoms with Crippen molar-refractivity contribution in [1.29, 1.82) is 0 Å². The molecule has 0 saturated carbocycles. The van der Waals surface area contributed by atoms with Gasteiger partial charge < -0.3 is 20.3 Å². The van der Waals surface area contributed by atoms with E-state index in [0.29, 0.717) is 6.10 Å². The van der Waals surface area contributed by atoms with Crippen LogP contribution in [0.2, 0.25) is 0 Å². The number of likely N-dealkylation sites (N-methyl/N-ethyl adjacent to an activating group) is 1. The smallest absolute Gasteiger partial charge is 0.0600 e. The lowest BCUT2D eigenvalue weighted by Gasteiger charge is -2.35. The summed E-state index contributed by atoms with van der Waals surface area (Å²) in [6.45, 7) is 16.0. The molecule has 5 heteroatoms. The fraction of sp³-hybridized carbons (Fsp3) is 1.00. The van der Waals surface area contributed by atoms with Gasteiger partial charge in [0.2, 0.25) is 0 Å². The van der Waals surface area contributed by atoms with Gasteiger partial charge in [-0.3, -0.25) is 0 Å². The van der Waals surface area contributed by atoms with E-state index in [4.69, 9.17) is 10.5 Å². The number of likely N-dealkylation sites (tertiary alicyclic amines) is 1. The molecule has 0 aromatic heterocycles. The van der Waals surface area contributed by atoms with Gasteiger partial charge in [0.1, 0.15) is 0 Å². The molecule has 0 radical (unpaired) electrons. The standard InChI is InChI=1S/C15H33N3O.ClH/c1-5-17(6-2)11-12-19-14-7-9-18(10-8-14)13-15(3,4)16;/h14H,5-13,16H2,1-4H3;1H. The normalized spacial score (nSPS) is 18.3. The summed E-state index contributed by atoms with van der Waals surface area (Å²) in [5.74, 6) is 0. The molecule has 1 saturated heterocycles. The van der Waals surface area contributed by atoms with E-state index in [1.807, 2.05) is 0 Å². The maximum absolute atomic E-state index is 6.07. The van der Waals surface area contributed by atoms with Crippen LogP contribution in [0.1, 0.15) is 40.5 Å². The zero-order valence-corrected chi connectivity index (χ0v) is 14.5. The van der Waals surface area contributed by atoms with Crippen molar-refractivity contribution in [3.05, 3.63) is 0 Å². The molecule has 0 amide bonds. The molecule has 0 unspecified atom stereocenters. The molecule has 2 N–H and O–H groups in total. The SMILES string of the molecule is CCN(CC)CCOC1CCN(CC(C)(C)N)CC1.Cl. The van der Waals surface area contributed by atoms with E-state index < -0.39 is 0 Å². The van der Waals surface area contributed by atoms with Crippen molar-refractivity contribution < 1.29 is 4.74 Å². The summed E-state index contributed by atoms with van der Waals surface area (Å²) in [4.78, 5) is 4.87. The van der Waals surface area contributed by atoms with Crippen LogP contribution >= 0.6 is 12.4 Å². The second kappa shape index (κ2) is 9.96. The first-order chi connectivity index (χ1) is 8.94. The molecule has 0 aliphatic carbocycles. The van der Waals surface area contributed by atoms with Crippen LogP contribution in [0, 0.1) is 0 Å². The number of hydrogen-bond donors (Lipinski definition) is 1. The monoisotopic (exact) mass is 307 g/mol. The third kappa shape index (κ3) is 8.42. The minimum absolute atomic E-state index is 0. The zero-order chi connectivity index (χ0) is 14.3. The Bertz CT molecular complexity index is 234. The highest BCUT2D eigenvalue weighted by Crippen LogP contribution is 2.15. The van der Waals surface area contributed by atoms with Crippen LogP contribution in [0.4, 0.5) is 0 Å². The van der Waals surface area contributed by atoms with E-state index in [9.17, 15) is 0 Å². The van der Waals surface area contributed by atoms with Crippen LogP contribution in [0.5, 0.6) is 0 Å². The number of nitrogens with zero attached hydrogens (tertiary/aromatic N) is 2. The summed E-state index contributed by atoms with van der Waals surface area (Å²) < 4.78 is 6.00. The minimum atomic E-state index is -0.0869. The Balaban J connectivity index is 0.00000361. The highest BCUT2D eigenvalue weighted by Gasteiger charge is 2.23. The molecule has 20 heavy (non-hydrogen) atoms. The quantitative estimate of drug-likeness (QED) is 0.744. The molecule has 1 fully saturated rings. The van der Waals surface area contributed by atoms with Gasteiger partial charge in [-0.15, -0.1) is 12.4 Å². The topological polar surface area (TPSA) is 41.7 Å². The average molecular weight is 308 g/mol. The molecule has 0 atom stereocenters. The number of hydrogen-bond acceptors (Lipinski definition) is 4. The summed E-state index contributed by atoms with van der Waals surface area (Å²) in [5.41, 5.74) is 5.98. The van der Waals surface area contributed by atoms with Crippen LogP contribution in [-0.2, 0) is 4.74 Å². The minimum Gasteiger partial charge on any atom is -0.377 e. The van der Waals surface area contributed by atoms with Crippen molar-refractivity contribution in [3.63, 3.8) is 0 Å². The van der Waals surface area contributed by atoms with E-state index in [1.54, 1.807) is 0 Å². The molecular formula is C15H34ClN3O. The summed E-state index contributed by atoms with van der Waals surface area (Å²) in [6.07, 6.45) is 2.75. The third-order valence-corrected chi connectivity index (χ3v) is 3.82. The number of piperidine rings is 1. The molecule has 1 rings (SSSR count). The highest BCUT2D eigenvalue weighted by molar-refractivity contribution is 5.85. The van der Waals surface area contributed by atoms with Crippen LogP contribution in [0.3, 0.4) is 0 Å².